The summed E-state index contributed by atoms with van der Waals surface area (Å²) in [5, 5.41) is 10.7. The Bertz CT molecular complexity index is 661. The van der Waals surface area contributed by atoms with Gasteiger partial charge in [0, 0.05) is 18.7 Å². The van der Waals surface area contributed by atoms with E-state index in [0.717, 1.165) is 12.1 Å². The zero-order valence-electron chi connectivity index (χ0n) is 11.7. The van der Waals surface area contributed by atoms with Gasteiger partial charge in [-0.1, -0.05) is 0 Å². The minimum Gasteiger partial charge on any atom is -0.393 e. The van der Waals surface area contributed by atoms with Gasteiger partial charge in [-0.05, 0) is 26.0 Å². The number of hydrogen-bond donors (Lipinski definition) is 1. The number of nitrogens with two attached hydrogens (primary N) is 1. The van der Waals surface area contributed by atoms with Crippen molar-refractivity contribution in [3.8, 4) is 0 Å². The Morgan fingerprint density at radius 2 is 2.10 bits per heavy atom. The van der Waals surface area contributed by atoms with Crippen molar-refractivity contribution in [1.82, 2.24) is 4.31 Å². The van der Waals surface area contributed by atoms with Gasteiger partial charge < -0.3 is 10.5 Å². The largest absolute Gasteiger partial charge is 0.393 e. The number of nitro benzene ring substituents is 1. The number of hydrogen-bond acceptors (Lipinski definition) is 6. The van der Waals surface area contributed by atoms with Crippen molar-refractivity contribution in [2.24, 2.45) is 0 Å². The number of nitro groups is 1. The van der Waals surface area contributed by atoms with Crippen molar-refractivity contribution in [3.63, 3.8) is 0 Å². The van der Waals surface area contributed by atoms with E-state index in [1.54, 1.807) is 13.8 Å². The molecule has 0 bridgehead atoms. The van der Waals surface area contributed by atoms with Gasteiger partial charge in [0.1, 0.15) is 5.69 Å². The zero-order chi connectivity index (χ0) is 15.8. The summed E-state index contributed by atoms with van der Waals surface area (Å²) in [6, 6.07) is 3.14. The molecule has 1 aliphatic heterocycles. The van der Waals surface area contributed by atoms with Crippen LogP contribution in [0, 0.1) is 10.1 Å². The summed E-state index contributed by atoms with van der Waals surface area (Å²) in [4.78, 5) is 10.0. The van der Waals surface area contributed by atoms with E-state index in [4.69, 9.17) is 10.5 Å². The van der Waals surface area contributed by atoms with Gasteiger partial charge in [0.2, 0.25) is 10.0 Å². The van der Waals surface area contributed by atoms with Gasteiger partial charge in [-0.25, -0.2) is 8.42 Å². The Hall–Kier alpha value is -1.71. The third-order valence-corrected chi connectivity index (χ3v) is 5.33. The molecule has 116 valence electrons. The third-order valence-electron chi connectivity index (χ3n) is 3.35. The first-order chi connectivity index (χ1) is 9.73. The van der Waals surface area contributed by atoms with Crippen LogP contribution in [0.5, 0.6) is 0 Å². The minimum atomic E-state index is -3.76. The highest BCUT2D eigenvalue weighted by Crippen LogP contribution is 2.28. The van der Waals surface area contributed by atoms with E-state index in [-0.39, 0.29) is 35.0 Å². The van der Waals surface area contributed by atoms with Gasteiger partial charge in [0.25, 0.3) is 5.69 Å². The van der Waals surface area contributed by atoms with Gasteiger partial charge in [-0.15, -0.1) is 0 Å². The van der Waals surface area contributed by atoms with Crippen LogP contribution in [0.2, 0.25) is 0 Å². The molecule has 0 radical (unpaired) electrons. The maximum Gasteiger partial charge on any atom is 0.292 e. The first-order valence-corrected chi connectivity index (χ1v) is 7.85. The quantitative estimate of drug-likeness (QED) is 0.505. The fourth-order valence-corrected chi connectivity index (χ4v) is 3.93. The average Bonchev–Trinajstić information content (AvgIpc) is 2.40. The maximum absolute atomic E-state index is 12.6. The first-order valence-electron chi connectivity index (χ1n) is 6.41. The lowest BCUT2D eigenvalue weighted by atomic mass is 10.2. The van der Waals surface area contributed by atoms with Gasteiger partial charge >= 0.3 is 0 Å². The molecule has 2 N–H and O–H groups in total. The molecular weight excluding hydrogens is 298 g/mol. The number of ether oxygens (including phenoxy) is 1. The molecule has 0 spiro atoms. The minimum absolute atomic E-state index is 0.0495. The normalized spacial score (nSPS) is 23.9. The standard InChI is InChI=1S/C12H17N3O5S/c1-8-7-20-9(2)6-14(8)21(18,19)10-3-4-12(15(16)17)11(13)5-10/h3-5,8-9H,6-7,13H2,1-2H3. The fraction of sp³-hybridized carbons (Fsp3) is 0.500. The van der Waals surface area contributed by atoms with Crippen LogP contribution in [0.15, 0.2) is 23.1 Å². The van der Waals surface area contributed by atoms with Gasteiger partial charge in [-0.2, -0.15) is 4.31 Å². The van der Waals surface area contributed by atoms with Crippen LogP contribution in [-0.2, 0) is 14.8 Å². The van der Waals surface area contributed by atoms with Crippen LogP contribution < -0.4 is 5.73 Å². The molecule has 1 aromatic rings. The lowest BCUT2D eigenvalue weighted by molar-refractivity contribution is -0.383. The van der Waals surface area contributed by atoms with E-state index >= 15 is 0 Å². The highest BCUT2D eigenvalue weighted by atomic mass is 32.2. The maximum atomic E-state index is 12.6. The monoisotopic (exact) mass is 315 g/mol. The molecule has 2 atom stereocenters. The Balaban J connectivity index is 2.39. The lowest BCUT2D eigenvalue weighted by Crippen LogP contribution is -2.50. The van der Waals surface area contributed by atoms with Crippen LogP contribution >= 0.6 is 0 Å². The average molecular weight is 315 g/mol. The van der Waals surface area contributed by atoms with Crippen molar-refractivity contribution in [2.75, 3.05) is 18.9 Å². The van der Waals surface area contributed by atoms with E-state index in [1.807, 2.05) is 0 Å². The highest BCUT2D eigenvalue weighted by molar-refractivity contribution is 7.89. The van der Waals surface area contributed by atoms with E-state index < -0.39 is 14.9 Å². The molecular formula is C12H17N3O5S. The number of morpholine rings is 1. The lowest BCUT2D eigenvalue weighted by Gasteiger charge is -2.35. The molecule has 8 nitrogen and oxygen atoms in total. The van der Waals surface area contributed by atoms with E-state index in [2.05, 4.69) is 0 Å². The second kappa shape index (κ2) is 5.58. The SMILES string of the molecule is CC1CN(S(=O)(=O)c2ccc([N+](=O)[O-])c(N)c2)C(C)CO1. The van der Waals surface area contributed by atoms with E-state index in [9.17, 15) is 18.5 Å². The molecule has 9 heteroatoms. The van der Waals surface area contributed by atoms with E-state index in [0.29, 0.717) is 6.61 Å². The van der Waals surface area contributed by atoms with Gasteiger partial charge in [-0.3, -0.25) is 10.1 Å². The summed E-state index contributed by atoms with van der Waals surface area (Å²) >= 11 is 0. The summed E-state index contributed by atoms with van der Waals surface area (Å²) in [6.45, 7) is 4.08. The fourth-order valence-electron chi connectivity index (χ4n) is 2.20. The van der Waals surface area contributed by atoms with Crippen molar-refractivity contribution in [1.29, 1.82) is 0 Å². The predicted molar refractivity (Wildman–Crippen MR) is 76.3 cm³/mol. The summed E-state index contributed by atoms with van der Waals surface area (Å²) in [5.41, 5.74) is 5.08. The molecule has 1 aromatic carbocycles. The van der Waals surface area contributed by atoms with Crippen LogP contribution in [0.1, 0.15) is 13.8 Å². The first kappa shape index (κ1) is 15.7. The Labute approximate surface area is 122 Å². The third kappa shape index (κ3) is 2.99. The predicted octanol–water partition coefficient (Wildman–Crippen LogP) is 0.975. The highest BCUT2D eigenvalue weighted by Gasteiger charge is 2.34. The molecule has 2 rings (SSSR count). The molecule has 21 heavy (non-hydrogen) atoms. The molecule has 0 aromatic heterocycles. The molecule has 0 aliphatic carbocycles. The zero-order valence-corrected chi connectivity index (χ0v) is 12.5. The van der Waals surface area contributed by atoms with Crippen molar-refractivity contribution < 1.29 is 18.1 Å². The van der Waals surface area contributed by atoms with Crippen LogP contribution in [-0.4, -0.2) is 42.9 Å². The number of nitrogens with zero attached hydrogens (tertiary/aromatic N) is 2. The summed E-state index contributed by atoms with van der Waals surface area (Å²) < 4.78 is 32.0. The smallest absolute Gasteiger partial charge is 0.292 e. The molecule has 1 heterocycles. The number of benzene rings is 1. The summed E-state index contributed by atoms with van der Waals surface area (Å²) in [5.74, 6) is 0. The Morgan fingerprint density at radius 3 is 2.67 bits per heavy atom. The molecule has 2 unspecified atom stereocenters. The molecule has 0 amide bonds. The topological polar surface area (TPSA) is 116 Å². The van der Waals surface area contributed by atoms with Crippen LogP contribution in [0.3, 0.4) is 0 Å². The Morgan fingerprint density at radius 1 is 1.43 bits per heavy atom. The second-order valence-electron chi connectivity index (χ2n) is 5.05. The number of anilines is 1. The summed E-state index contributed by atoms with van der Waals surface area (Å²) in [6.07, 6.45) is -0.202. The summed E-state index contributed by atoms with van der Waals surface area (Å²) in [7, 11) is -3.76. The second-order valence-corrected chi connectivity index (χ2v) is 6.94. The van der Waals surface area contributed by atoms with Gasteiger partial charge in [0.15, 0.2) is 0 Å². The molecule has 1 fully saturated rings. The van der Waals surface area contributed by atoms with Crippen LogP contribution in [0.4, 0.5) is 11.4 Å². The molecule has 1 saturated heterocycles. The van der Waals surface area contributed by atoms with Crippen molar-refractivity contribution in [2.45, 2.75) is 30.9 Å². The van der Waals surface area contributed by atoms with Crippen molar-refractivity contribution in [3.05, 3.63) is 28.3 Å². The van der Waals surface area contributed by atoms with Crippen LogP contribution in [0.25, 0.3) is 0 Å². The number of nitrogen functional groups attached to an aromatic ring is 1. The van der Waals surface area contributed by atoms with Gasteiger partial charge in [0.05, 0.1) is 22.5 Å². The molecule has 1 aliphatic rings. The molecule has 0 saturated carbocycles. The number of sulfonamides is 1. The van der Waals surface area contributed by atoms with Crippen molar-refractivity contribution >= 4 is 21.4 Å². The Kier molecular flexibility index (Phi) is 4.17. The number of rotatable bonds is 3. The van der Waals surface area contributed by atoms with E-state index in [1.165, 1.54) is 10.4 Å².